The highest BCUT2D eigenvalue weighted by Crippen LogP contribution is 2.21. The summed E-state index contributed by atoms with van der Waals surface area (Å²) in [5, 5.41) is 3.66. The SMILES string of the molecule is [C-]#[N+]Cc1c(C)noc1OC. The molecule has 1 rings (SSSR count). The Morgan fingerprint density at radius 3 is 3.00 bits per heavy atom. The van der Waals surface area contributed by atoms with Crippen LogP contribution in [0.5, 0.6) is 5.95 Å². The molecule has 0 saturated heterocycles. The van der Waals surface area contributed by atoms with E-state index in [2.05, 4.69) is 10.0 Å². The quantitative estimate of drug-likeness (QED) is 0.601. The molecule has 1 heterocycles. The van der Waals surface area contributed by atoms with E-state index in [1.807, 2.05) is 0 Å². The number of nitrogens with zero attached hydrogens (tertiary/aromatic N) is 2. The topological polar surface area (TPSA) is 39.6 Å². The Morgan fingerprint density at radius 2 is 2.45 bits per heavy atom. The average molecular weight is 152 g/mol. The van der Waals surface area contributed by atoms with E-state index >= 15 is 0 Å². The van der Waals surface area contributed by atoms with Crippen LogP contribution in [0.4, 0.5) is 0 Å². The van der Waals surface area contributed by atoms with E-state index in [-0.39, 0.29) is 6.54 Å². The zero-order chi connectivity index (χ0) is 8.27. The lowest BCUT2D eigenvalue weighted by Crippen LogP contribution is -1.86. The fourth-order valence-corrected chi connectivity index (χ4v) is 0.786. The van der Waals surface area contributed by atoms with Crippen LogP contribution in [-0.4, -0.2) is 12.3 Å². The number of ether oxygens (including phenoxy) is 1. The van der Waals surface area contributed by atoms with Crippen LogP contribution in [0.3, 0.4) is 0 Å². The van der Waals surface area contributed by atoms with Crippen LogP contribution in [-0.2, 0) is 6.54 Å². The van der Waals surface area contributed by atoms with Gasteiger partial charge >= 0.3 is 5.95 Å². The van der Waals surface area contributed by atoms with Crippen molar-refractivity contribution in [2.75, 3.05) is 7.11 Å². The Labute approximate surface area is 64.6 Å². The second-order valence-corrected chi connectivity index (χ2v) is 2.05. The zero-order valence-corrected chi connectivity index (χ0v) is 6.42. The Kier molecular flexibility index (Phi) is 2.12. The highest BCUT2D eigenvalue weighted by Gasteiger charge is 2.14. The van der Waals surface area contributed by atoms with Gasteiger partial charge in [0.2, 0.25) is 6.54 Å². The van der Waals surface area contributed by atoms with Crippen molar-refractivity contribution in [1.29, 1.82) is 0 Å². The van der Waals surface area contributed by atoms with Gasteiger partial charge in [0.05, 0.1) is 12.8 Å². The summed E-state index contributed by atoms with van der Waals surface area (Å²) in [7, 11) is 1.49. The molecule has 1 aromatic heterocycles. The summed E-state index contributed by atoms with van der Waals surface area (Å²) in [6.45, 7) is 8.69. The minimum absolute atomic E-state index is 0.262. The molecule has 0 saturated carbocycles. The summed E-state index contributed by atoms with van der Waals surface area (Å²) in [6, 6.07) is 0. The highest BCUT2D eigenvalue weighted by atomic mass is 16.6. The smallest absolute Gasteiger partial charge is 0.321 e. The largest absolute Gasteiger partial charge is 0.467 e. The van der Waals surface area contributed by atoms with Crippen LogP contribution in [0.15, 0.2) is 4.52 Å². The number of rotatable bonds is 2. The number of aromatic nitrogens is 1. The monoisotopic (exact) mass is 152 g/mol. The van der Waals surface area contributed by atoms with Gasteiger partial charge < -0.3 is 14.1 Å². The molecule has 0 radical (unpaired) electrons. The molecule has 0 spiro atoms. The fraction of sp³-hybridized carbons (Fsp3) is 0.429. The van der Waals surface area contributed by atoms with Crippen molar-refractivity contribution in [3.63, 3.8) is 0 Å². The summed E-state index contributed by atoms with van der Waals surface area (Å²) in [4.78, 5) is 3.22. The van der Waals surface area contributed by atoms with Gasteiger partial charge in [-0.25, -0.2) is 6.57 Å². The van der Waals surface area contributed by atoms with E-state index in [1.165, 1.54) is 7.11 Å². The summed E-state index contributed by atoms with van der Waals surface area (Å²) in [6.07, 6.45) is 0. The van der Waals surface area contributed by atoms with Gasteiger partial charge in [-0.15, -0.1) is 0 Å². The van der Waals surface area contributed by atoms with Crippen molar-refractivity contribution in [2.24, 2.45) is 0 Å². The van der Waals surface area contributed by atoms with Gasteiger partial charge in [0, 0.05) is 0 Å². The fourth-order valence-electron chi connectivity index (χ4n) is 0.786. The second kappa shape index (κ2) is 3.06. The average Bonchev–Trinajstić information content (AvgIpc) is 2.34. The zero-order valence-electron chi connectivity index (χ0n) is 6.42. The third-order valence-electron chi connectivity index (χ3n) is 1.37. The van der Waals surface area contributed by atoms with Gasteiger partial charge in [-0.3, -0.25) is 0 Å². The maximum atomic E-state index is 6.65. The number of hydrogen-bond donors (Lipinski definition) is 0. The molecule has 0 aliphatic carbocycles. The van der Waals surface area contributed by atoms with Gasteiger partial charge in [0.1, 0.15) is 5.56 Å². The Bertz CT molecular complexity index is 285. The maximum absolute atomic E-state index is 6.65. The van der Waals surface area contributed by atoms with E-state index in [4.69, 9.17) is 15.8 Å². The molecule has 0 amide bonds. The van der Waals surface area contributed by atoms with Crippen LogP contribution in [0.25, 0.3) is 4.85 Å². The lowest BCUT2D eigenvalue weighted by Gasteiger charge is -1.91. The molecule has 0 bridgehead atoms. The number of methoxy groups -OCH3 is 1. The molecule has 4 heteroatoms. The number of aryl methyl sites for hydroxylation is 1. The van der Waals surface area contributed by atoms with E-state index in [0.717, 1.165) is 11.3 Å². The van der Waals surface area contributed by atoms with E-state index < -0.39 is 0 Å². The minimum atomic E-state index is 0.262. The molecule has 0 aromatic carbocycles. The molecule has 0 aliphatic heterocycles. The summed E-state index contributed by atoms with van der Waals surface area (Å²) >= 11 is 0. The molecule has 0 fully saturated rings. The molecule has 0 N–H and O–H groups in total. The van der Waals surface area contributed by atoms with Crippen LogP contribution in [0.1, 0.15) is 11.3 Å². The molecule has 11 heavy (non-hydrogen) atoms. The molecular formula is C7H8N2O2. The normalized spacial score (nSPS) is 9.18. The predicted molar refractivity (Wildman–Crippen MR) is 38.1 cm³/mol. The molecule has 0 aliphatic rings. The van der Waals surface area contributed by atoms with Gasteiger partial charge in [-0.2, -0.15) is 0 Å². The first-order valence-corrected chi connectivity index (χ1v) is 3.12. The van der Waals surface area contributed by atoms with Crippen LogP contribution in [0, 0.1) is 13.5 Å². The van der Waals surface area contributed by atoms with Crippen LogP contribution < -0.4 is 4.74 Å². The summed E-state index contributed by atoms with van der Waals surface area (Å²) in [5.41, 5.74) is 1.46. The van der Waals surface area contributed by atoms with Gasteiger partial charge in [-0.1, -0.05) is 5.16 Å². The predicted octanol–water partition coefficient (Wildman–Crippen LogP) is 1.41. The highest BCUT2D eigenvalue weighted by molar-refractivity contribution is 5.27. The first-order valence-electron chi connectivity index (χ1n) is 3.12. The standard InChI is InChI=1S/C7H8N2O2/c1-5-6(4-8-2)7(10-3)11-9-5/h4H2,1,3H3. The van der Waals surface area contributed by atoms with Gasteiger partial charge in [0.25, 0.3) is 0 Å². The van der Waals surface area contributed by atoms with Crippen LogP contribution in [0.2, 0.25) is 0 Å². The van der Waals surface area contributed by atoms with Crippen molar-refractivity contribution < 1.29 is 9.26 Å². The lowest BCUT2D eigenvalue weighted by atomic mass is 10.2. The third-order valence-corrected chi connectivity index (χ3v) is 1.37. The molecule has 0 unspecified atom stereocenters. The second-order valence-electron chi connectivity index (χ2n) is 2.05. The Hall–Kier alpha value is -1.50. The third kappa shape index (κ3) is 1.32. The van der Waals surface area contributed by atoms with E-state index in [9.17, 15) is 0 Å². The van der Waals surface area contributed by atoms with Crippen molar-refractivity contribution in [3.05, 3.63) is 22.7 Å². The molecular weight excluding hydrogens is 144 g/mol. The van der Waals surface area contributed by atoms with Crippen molar-refractivity contribution >= 4 is 0 Å². The Morgan fingerprint density at radius 1 is 1.73 bits per heavy atom. The Balaban J connectivity index is 2.99. The van der Waals surface area contributed by atoms with E-state index in [0.29, 0.717) is 5.95 Å². The molecule has 4 nitrogen and oxygen atoms in total. The number of hydrogen-bond acceptors (Lipinski definition) is 3. The van der Waals surface area contributed by atoms with Crippen molar-refractivity contribution in [1.82, 2.24) is 5.16 Å². The first-order chi connectivity index (χ1) is 5.29. The van der Waals surface area contributed by atoms with Crippen molar-refractivity contribution in [2.45, 2.75) is 13.5 Å². The lowest BCUT2D eigenvalue weighted by molar-refractivity contribution is 0.258. The maximum Gasteiger partial charge on any atom is 0.321 e. The van der Waals surface area contributed by atoms with Gasteiger partial charge in [0.15, 0.2) is 0 Å². The van der Waals surface area contributed by atoms with Crippen molar-refractivity contribution in [3.8, 4) is 5.95 Å². The van der Waals surface area contributed by atoms with E-state index in [1.54, 1.807) is 6.92 Å². The van der Waals surface area contributed by atoms with Crippen LogP contribution >= 0.6 is 0 Å². The summed E-state index contributed by atoms with van der Waals surface area (Å²) < 4.78 is 9.63. The minimum Gasteiger partial charge on any atom is -0.467 e. The van der Waals surface area contributed by atoms with Gasteiger partial charge in [-0.05, 0) is 6.92 Å². The molecule has 1 aromatic rings. The molecule has 58 valence electrons. The first kappa shape index (κ1) is 7.61. The molecule has 0 atom stereocenters. The summed E-state index contributed by atoms with van der Waals surface area (Å²) in [5.74, 6) is 0.346.